The van der Waals surface area contributed by atoms with Crippen molar-refractivity contribution in [2.45, 2.75) is 283 Å². The van der Waals surface area contributed by atoms with Crippen LogP contribution in [0.2, 0.25) is 0 Å². The number of hydrogen-bond donors (Lipinski definition) is 4. The van der Waals surface area contributed by atoms with Gasteiger partial charge >= 0.3 is 33.6 Å². The molecule has 0 aliphatic rings. The maximum Gasteiger partial charge on any atom is 0.472 e. The molecule has 4 N–H and O–H groups in total. The molecule has 562 valence electrons. The van der Waals surface area contributed by atoms with Crippen molar-refractivity contribution in [3.63, 3.8) is 0 Å². The van der Waals surface area contributed by atoms with Crippen molar-refractivity contribution in [3.8, 4) is 0 Å². The molecule has 0 heterocycles. The molecule has 0 aliphatic heterocycles. The third kappa shape index (κ3) is 73.9. The number of rotatable bonds is 69. The highest BCUT2D eigenvalue weighted by atomic mass is 31.2. The van der Waals surface area contributed by atoms with Gasteiger partial charge in [-0.3, -0.25) is 32.5 Å². The molecule has 0 bridgehead atoms. The largest absolute Gasteiger partial charge is 0.472 e. The molecule has 18 heteroatoms. The molecule has 16 nitrogen and oxygen atoms in total. The first-order chi connectivity index (χ1) is 48.2. The van der Waals surface area contributed by atoms with E-state index >= 15 is 0 Å². The quantitative estimate of drug-likeness (QED) is 0.0146. The summed E-state index contributed by atoms with van der Waals surface area (Å²) in [6, 6.07) is 0. The molecular weight excluding hydrogens is 1290 g/mol. The molecular formula is C81H132O16P2. The van der Waals surface area contributed by atoms with Crippen LogP contribution in [0.1, 0.15) is 265 Å². The van der Waals surface area contributed by atoms with Gasteiger partial charge in [0.2, 0.25) is 0 Å². The summed E-state index contributed by atoms with van der Waals surface area (Å²) >= 11 is 0. The monoisotopic (exact) mass is 1420 g/mol. The molecule has 5 atom stereocenters. The molecule has 0 rings (SSSR count). The summed E-state index contributed by atoms with van der Waals surface area (Å²) in [5.74, 6) is -1.63. The Morgan fingerprint density at radius 1 is 0.283 bits per heavy atom. The zero-order chi connectivity index (χ0) is 72.3. The second-order valence-electron chi connectivity index (χ2n) is 24.3. The van der Waals surface area contributed by atoms with Crippen LogP contribution < -0.4 is 0 Å². The molecule has 99 heavy (non-hydrogen) atoms. The molecule has 0 aromatic heterocycles. The fraction of sp³-hybridized carbons (Fsp3) is 0.617. The Labute approximate surface area is 599 Å². The number of phosphoric acid groups is 2. The van der Waals surface area contributed by atoms with Crippen LogP contribution in [0, 0.1) is 0 Å². The average molecular weight is 1420 g/mol. The van der Waals surface area contributed by atoms with Crippen molar-refractivity contribution >= 4 is 33.6 Å². The van der Waals surface area contributed by atoms with Crippen molar-refractivity contribution in [3.05, 3.63) is 170 Å². The molecule has 0 aromatic rings. The number of aliphatic hydroxyl groups excluding tert-OH is 2. The van der Waals surface area contributed by atoms with E-state index in [1.165, 1.54) is 0 Å². The highest BCUT2D eigenvalue weighted by Crippen LogP contribution is 2.45. The third-order valence-corrected chi connectivity index (χ3v) is 16.8. The van der Waals surface area contributed by atoms with E-state index in [1.54, 1.807) is 0 Å². The standard InChI is InChI=1S/C81H132O16P2/c1-4-7-10-13-16-19-22-25-28-31-33-35-36-37-38-40-42-44-46-49-52-55-58-61-64-67-79(84)91-70-76(82)71-93-98(87,88)94-72-77(83)73-95-99(89,90)96-75-78(97-81(86)69-66-63-60-57-54-51-48-43-30-27-24-21-18-15-12-9-6-3)74-92-80(85)68-65-62-59-56-53-50-47-45-41-39-34-32-29-26-23-20-17-14-11-8-5-2/h7-12,16-21,25-30,33-35,37-39,42,44-45,47,76-78,82-83H,4-6,13-15,22-24,31-32,36,40-41,43,46,48-75H2,1-3H3,(H,87,88)(H,89,90)/b10-7-,11-8-,12-9-,19-16-,20-17-,21-18-,28-25-,29-26-,30-27-,35-33-,38-37-,39-34-,44-42-,47-45-. The second-order valence-corrected chi connectivity index (χ2v) is 27.2. The lowest BCUT2D eigenvalue weighted by molar-refractivity contribution is -0.161. The first-order valence-electron chi connectivity index (χ1n) is 37.4. The van der Waals surface area contributed by atoms with E-state index in [-0.39, 0.29) is 19.3 Å². The number of hydrogen-bond acceptors (Lipinski definition) is 14. The van der Waals surface area contributed by atoms with Gasteiger partial charge < -0.3 is 34.2 Å². The van der Waals surface area contributed by atoms with Crippen molar-refractivity contribution in [1.29, 1.82) is 0 Å². The van der Waals surface area contributed by atoms with Gasteiger partial charge in [-0.25, -0.2) is 9.13 Å². The molecule has 0 fully saturated rings. The molecule has 0 aliphatic carbocycles. The second kappa shape index (κ2) is 72.7. The van der Waals surface area contributed by atoms with Gasteiger partial charge in [-0.05, 0) is 148 Å². The first kappa shape index (κ1) is 93.9. The van der Waals surface area contributed by atoms with Crippen LogP contribution in [0.15, 0.2) is 170 Å². The summed E-state index contributed by atoms with van der Waals surface area (Å²) in [5.41, 5.74) is 0. The van der Waals surface area contributed by atoms with Gasteiger partial charge in [0, 0.05) is 19.3 Å². The smallest absolute Gasteiger partial charge is 0.463 e. The van der Waals surface area contributed by atoms with Crippen molar-refractivity contribution in [2.24, 2.45) is 0 Å². The zero-order valence-electron chi connectivity index (χ0n) is 61.1. The van der Waals surface area contributed by atoms with Crippen LogP contribution in [-0.2, 0) is 55.8 Å². The van der Waals surface area contributed by atoms with Crippen LogP contribution in [0.3, 0.4) is 0 Å². The van der Waals surface area contributed by atoms with E-state index in [9.17, 15) is 43.5 Å². The normalized spacial score (nSPS) is 15.0. The third-order valence-electron chi connectivity index (χ3n) is 14.9. The number of esters is 3. The van der Waals surface area contributed by atoms with Crippen LogP contribution in [0.4, 0.5) is 0 Å². The van der Waals surface area contributed by atoms with Gasteiger partial charge in [0.1, 0.15) is 25.4 Å². The number of carbonyl (C=O) groups is 3. The lowest BCUT2D eigenvalue weighted by atomic mass is 10.1. The maximum atomic E-state index is 13.0. The lowest BCUT2D eigenvalue weighted by Gasteiger charge is -2.21. The van der Waals surface area contributed by atoms with E-state index < -0.39 is 91.5 Å². The van der Waals surface area contributed by atoms with Crippen LogP contribution in [0.5, 0.6) is 0 Å². The summed E-state index contributed by atoms with van der Waals surface area (Å²) in [6.07, 6.45) is 91.0. The Morgan fingerprint density at radius 2 is 0.505 bits per heavy atom. The predicted octanol–water partition coefficient (Wildman–Crippen LogP) is 21.6. The van der Waals surface area contributed by atoms with Crippen molar-refractivity contribution in [2.75, 3.05) is 39.6 Å². The highest BCUT2D eigenvalue weighted by molar-refractivity contribution is 7.47. The minimum Gasteiger partial charge on any atom is -0.463 e. The maximum absolute atomic E-state index is 13.0. The number of unbranched alkanes of at least 4 members (excludes halogenated alkanes) is 18. The van der Waals surface area contributed by atoms with Gasteiger partial charge in [0.25, 0.3) is 0 Å². The summed E-state index contributed by atoms with van der Waals surface area (Å²) < 4.78 is 61.1. The van der Waals surface area contributed by atoms with Gasteiger partial charge in [0.05, 0.1) is 26.4 Å². The molecule has 0 saturated heterocycles. The number of ether oxygens (including phenoxy) is 3. The molecule has 0 amide bonds. The summed E-state index contributed by atoms with van der Waals surface area (Å²) in [7, 11) is -9.81. The number of allylic oxidation sites excluding steroid dienone is 28. The summed E-state index contributed by atoms with van der Waals surface area (Å²) in [6.45, 7) is 2.27. The van der Waals surface area contributed by atoms with Crippen molar-refractivity contribution in [1.82, 2.24) is 0 Å². The topological polar surface area (TPSA) is 231 Å². The molecule has 0 radical (unpaired) electrons. The highest BCUT2D eigenvalue weighted by Gasteiger charge is 2.29. The van der Waals surface area contributed by atoms with E-state index in [4.69, 9.17) is 32.3 Å². The van der Waals surface area contributed by atoms with Gasteiger partial charge in [-0.15, -0.1) is 0 Å². The van der Waals surface area contributed by atoms with Crippen molar-refractivity contribution < 1.29 is 75.8 Å². The van der Waals surface area contributed by atoms with Gasteiger partial charge in [-0.1, -0.05) is 268 Å². The van der Waals surface area contributed by atoms with E-state index in [0.29, 0.717) is 19.3 Å². The Kier molecular flexibility index (Phi) is 69.0. The first-order valence-corrected chi connectivity index (χ1v) is 40.4. The summed E-state index contributed by atoms with van der Waals surface area (Å²) in [4.78, 5) is 58.6. The fourth-order valence-electron chi connectivity index (χ4n) is 9.32. The predicted molar refractivity (Wildman–Crippen MR) is 408 cm³/mol. The summed E-state index contributed by atoms with van der Waals surface area (Å²) in [5, 5.41) is 20.6. The average Bonchev–Trinajstić information content (AvgIpc) is 2.07. The molecule has 0 aromatic carbocycles. The number of aliphatic hydroxyl groups is 2. The van der Waals surface area contributed by atoms with E-state index in [2.05, 4.69) is 191 Å². The van der Waals surface area contributed by atoms with Gasteiger partial charge in [-0.2, -0.15) is 0 Å². The SMILES string of the molecule is CC/C=C\C/C=C\C/C=C\C/C=C\C/C=C\C/C=C\CCCCCCCCC(=O)OCC(O)COP(=O)(O)OCC(O)COP(=O)(O)OCC(COC(=O)CCCCCCC/C=C\C/C=C\C/C=C\C/C=C\C/C=C\CC)OC(=O)CCCCCCCCC/C=C\C/C=C\C/C=C\CC. The zero-order valence-corrected chi connectivity index (χ0v) is 62.9. The minimum atomic E-state index is -4.95. The Bertz CT molecular complexity index is 2480. The Balaban J connectivity index is 4.70. The van der Waals surface area contributed by atoms with Gasteiger partial charge in [0.15, 0.2) is 6.10 Å². The minimum absolute atomic E-state index is 0.0821. The molecule has 5 unspecified atom stereocenters. The molecule has 0 saturated carbocycles. The fourth-order valence-corrected chi connectivity index (χ4v) is 10.9. The van der Waals surface area contributed by atoms with Crippen LogP contribution in [0.25, 0.3) is 0 Å². The number of phosphoric ester groups is 2. The number of carbonyl (C=O) groups excluding carboxylic acids is 3. The Hall–Kier alpha value is -5.09. The van der Waals surface area contributed by atoms with Crippen LogP contribution >= 0.6 is 15.6 Å². The Morgan fingerprint density at radius 3 is 0.798 bits per heavy atom. The van der Waals surface area contributed by atoms with E-state index in [1.807, 2.05) is 0 Å². The van der Waals surface area contributed by atoms with Crippen LogP contribution in [-0.4, -0.2) is 95.9 Å². The molecule has 0 spiro atoms. The van der Waals surface area contributed by atoms with E-state index in [0.717, 1.165) is 205 Å². The lowest BCUT2D eigenvalue weighted by Crippen LogP contribution is -2.30.